The van der Waals surface area contributed by atoms with Crippen LogP contribution in [0.4, 0.5) is 5.69 Å². The molecule has 0 aromatic heterocycles. The fourth-order valence-electron chi connectivity index (χ4n) is 1.87. The second-order valence-corrected chi connectivity index (χ2v) is 4.73. The van der Waals surface area contributed by atoms with Crippen molar-refractivity contribution in [2.24, 2.45) is 4.99 Å². The molecule has 0 N–H and O–H groups in total. The minimum atomic E-state index is 0.00271. The van der Waals surface area contributed by atoms with E-state index in [9.17, 15) is 4.79 Å². The Balaban J connectivity index is 2.08. The molecule has 82 valence electrons. The van der Waals surface area contributed by atoms with Gasteiger partial charge in [0, 0.05) is 15.6 Å². The molecule has 2 nitrogen and oxygen atoms in total. The maximum Gasteiger partial charge on any atom is 0.214 e. The quantitative estimate of drug-likeness (QED) is 0.784. The van der Waals surface area contributed by atoms with E-state index in [0.717, 1.165) is 15.7 Å². The number of benzene rings is 2. The lowest BCUT2D eigenvalue weighted by Gasteiger charge is -1.99. The molecule has 0 aliphatic carbocycles. The highest BCUT2D eigenvalue weighted by Gasteiger charge is 2.24. The van der Waals surface area contributed by atoms with Gasteiger partial charge in [-0.1, -0.05) is 40.2 Å². The molecule has 0 bridgehead atoms. The van der Waals surface area contributed by atoms with Crippen molar-refractivity contribution in [1.29, 1.82) is 0 Å². The van der Waals surface area contributed by atoms with Crippen LogP contribution in [0, 0.1) is 0 Å². The van der Waals surface area contributed by atoms with Crippen molar-refractivity contribution in [3.63, 3.8) is 0 Å². The van der Waals surface area contributed by atoms with Gasteiger partial charge in [0.15, 0.2) is 0 Å². The molecule has 2 aromatic rings. The van der Waals surface area contributed by atoms with Gasteiger partial charge in [0.05, 0.1) is 5.69 Å². The van der Waals surface area contributed by atoms with Gasteiger partial charge in [-0.3, -0.25) is 4.79 Å². The number of carbonyl (C=O) groups excluding carboxylic acids is 1. The zero-order valence-electron chi connectivity index (χ0n) is 8.85. The minimum Gasteiger partial charge on any atom is -0.287 e. The first-order valence-electron chi connectivity index (χ1n) is 5.24. The van der Waals surface area contributed by atoms with E-state index in [2.05, 4.69) is 20.9 Å². The summed E-state index contributed by atoms with van der Waals surface area (Å²) in [6, 6.07) is 15.0. The molecule has 17 heavy (non-hydrogen) atoms. The van der Waals surface area contributed by atoms with Crippen LogP contribution in [0.2, 0.25) is 0 Å². The summed E-state index contributed by atoms with van der Waals surface area (Å²) < 4.78 is 0.991. The van der Waals surface area contributed by atoms with E-state index in [1.54, 1.807) is 0 Å². The van der Waals surface area contributed by atoms with E-state index in [-0.39, 0.29) is 5.78 Å². The molecule has 1 aliphatic heterocycles. The number of ketones is 1. The van der Waals surface area contributed by atoms with E-state index >= 15 is 0 Å². The zero-order valence-corrected chi connectivity index (χ0v) is 10.4. The molecular formula is C14H8BrNO. The molecule has 0 unspecified atom stereocenters. The van der Waals surface area contributed by atoms with Crippen LogP contribution in [0.15, 0.2) is 58.0 Å². The molecule has 3 rings (SSSR count). The van der Waals surface area contributed by atoms with Gasteiger partial charge in [0.25, 0.3) is 0 Å². The monoisotopic (exact) mass is 285 g/mol. The number of hydrogen-bond donors (Lipinski definition) is 0. The van der Waals surface area contributed by atoms with Crippen LogP contribution < -0.4 is 0 Å². The Morgan fingerprint density at radius 1 is 0.941 bits per heavy atom. The number of carbonyl (C=O) groups is 1. The van der Waals surface area contributed by atoms with Crippen LogP contribution in [0.1, 0.15) is 15.9 Å². The van der Waals surface area contributed by atoms with E-state index in [1.165, 1.54) is 0 Å². The summed E-state index contributed by atoms with van der Waals surface area (Å²) in [5.74, 6) is 0.00271. The van der Waals surface area contributed by atoms with Crippen molar-refractivity contribution in [1.82, 2.24) is 0 Å². The molecule has 1 aliphatic rings. The fourth-order valence-corrected chi connectivity index (χ4v) is 2.13. The Labute approximate surface area is 107 Å². The summed E-state index contributed by atoms with van der Waals surface area (Å²) in [4.78, 5) is 16.5. The molecule has 1 heterocycles. The first kappa shape index (κ1) is 10.4. The average Bonchev–Trinajstić information content (AvgIpc) is 2.69. The van der Waals surface area contributed by atoms with E-state index < -0.39 is 0 Å². The number of Topliss-reactive ketones (excluding diaryl/α,β-unsaturated/α-hetero) is 1. The summed E-state index contributed by atoms with van der Waals surface area (Å²) >= 11 is 3.37. The Morgan fingerprint density at radius 2 is 1.65 bits per heavy atom. The second-order valence-electron chi connectivity index (χ2n) is 3.81. The SMILES string of the molecule is O=C1C(c2ccc(Br)cc2)=Nc2ccccc21. The highest BCUT2D eigenvalue weighted by Crippen LogP contribution is 2.28. The van der Waals surface area contributed by atoms with Gasteiger partial charge in [-0.2, -0.15) is 0 Å². The summed E-state index contributed by atoms with van der Waals surface area (Å²) in [7, 11) is 0. The maximum absolute atomic E-state index is 12.1. The number of hydrogen-bond acceptors (Lipinski definition) is 2. The molecule has 3 heteroatoms. The highest BCUT2D eigenvalue weighted by atomic mass is 79.9. The number of aliphatic imine (C=N–C) groups is 1. The first-order valence-corrected chi connectivity index (χ1v) is 6.03. The molecule has 0 amide bonds. The van der Waals surface area contributed by atoms with Gasteiger partial charge in [-0.15, -0.1) is 0 Å². The Kier molecular flexibility index (Phi) is 2.41. The van der Waals surface area contributed by atoms with Gasteiger partial charge < -0.3 is 0 Å². The van der Waals surface area contributed by atoms with E-state index in [4.69, 9.17) is 0 Å². The summed E-state index contributed by atoms with van der Waals surface area (Å²) in [5, 5.41) is 0. The van der Waals surface area contributed by atoms with Crippen molar-refractivity contribution in [3.05, 3.63) is 64.1 Å². The van der Waals surface area contributed by atoms with Crippen LogP contribution in [-0.2, 0) is 0 Å². The largest absolute Gasteiger partial charge is 0.287 e. The predicted molar refractivity (Wildman–Crippen MR) is 71.1 cm³/mol. The molecule has 0 radical (unpaired) electrons. The van der Waals surface area contributed by atoms with Gasteiger partial charge >= 0.3 is 0 Å². The smallest absolute Gasteiger partial charge is 0.214 e. The van der Waals surface area contributed by atoms with Crippen LogP contribution in [0.25, 0.3) is 0 Å². The maximum atomic E-state index is 12.1. The van der Waals surface area contributed by atoms with Crippen LogP contribution in [-0.4, -0.2) is 11.5 Å². The number of nitrogens with zero attached hydrogens (tertiary/aromatic N) is 1. The lowest BCUT2D eigenvalue weighted by molar-refractivity contribution is 0.107. The summed E-state index contributed by atoms with van der Waals surface area (Å²) in [6.07, 6.45) is 0. The average molecular weight is 286 g/mol. The molecule has 0 fully saturated rings. The summed E-state index contributed by atoms with van der Waals surface area (Å²) in [5.41, 5.74) is 2.83. The van der Waals surface area contributed by atoms with Crippen molar-refractivity contribution in [3.8, 4) is 0 Å². The Bertz CT molecular complexity index is 629. The van der Waals surface area contributed by atoms with Crippen molar-refractivity contribution in [2.75, 3.05) is 0 Å². The van der Waals surface area contributed by atoms with Crippen LogP contribution in [0.5, 0.6) is 0 Å². The molecule has 0 saturated heterocycles. The molecule has 0 atom stereocenters. The Morgan fingerprint density at radius 3 is 2.35 bits per heavy atom. The Hall–Kier alpha value is -1.74. The number of rotatable bonds is 1. The second kappa shape index (κ2) is 3.93. The minimum absolute atomic E-state index is 0.00271. The number of para-hydroxylation sites is 1. The zero-order chi connectivity index (χ0) is 11.8. The number of fused-ring (bicyclic) bond motifs is 1. The highest BCUT2D eigenvalue weighted by molar-refractivity contribution is 9.10. The molecular weight excluding hydrogens is 278 g/mol. The standard InChI is InChI=1S/C14H8BrNO/c15-10-7-5-9(6-8-10)13-14(17)11-3-1-2-4-12(11)16-13/h1-8H. The lowest BCUT2D eigenvalue weighted by atomic mass is 10.0. The third-order valence-corrected chi connectivity index (χ3v) is 3.24. The van der Waals surface area contributed by atoms with Crippen molar-refractivity contribution < 1.29 is 4.79 Å². The number of halogens is 1. The van der Waals surface area contributed by atoms with Gasteiger partial charge in [0.1, 0.15) is 5.71 Å². The van der Waals surface area contributed by atoms with Crippen molar-refractivity contribution in [2.45, 2.75) is 0 Å². The van der Waals surface area contributed by atoms with Crippen molar-refractivity contribution >= 4 is 33.1 Å². The van der Waals surface area contributed by atoms with Gasteiger partial charge in [0.2, 0.25) is 5.78 Å². The van der Waals surface area contributed by atoms with Crippen LogP contribution in [0.3, 0.4) is 0 Å². The van der Waals surface area contributed by atoms with Gasteiger partial charge in [-0.25, -0.2) is 4.99 Å². The molecule has 0 spiro atoms. The van der Waals surface area contributed by atoms with Crippen LogP contribution >= 0.6 is 15.9 Å². The normalized spacial score (nSPS) is 13.5. The lowest BCUT2D eigenvalue weighted by Crippen LogP contribution is -2.10. The topological polar surface area (TPSA) is 29.4 Å². The first-order chi connectivity index (χ1) is 8.25. The summed E-state index contributed by atoms with van der Waals surface area (Å²) in [6.45, 7) is 0. The van der Waals surface area contributed by atoms with Gasteiger partial charge in [-0.05, 0) is 24.3 Å². The van der Waals surface area contributed by atoms with E-state index in [1.807, 2.05) is 48.5 Å². The predicted octanol–water partition coefficient (Wildman–Crippen LogP) is 3.77. The van der Waals surface area contributed by atoms with E-state index in [0.29, 0.717) is 11.3 Å². The molecule has 0 saturated carbocycles. The third kappa shape index (κ3) is 1.72. The third-order valence-electron chi connectivity index (χ3n) is 2.71. The molecule has 2 aromatic carbocycles. The fraction of sp³-hybridized carbons (Fsp3) is 0.